The lowest BCUT2D eigenvalue weighted by atomic mass is 10.1. The lowest BCUT2D eigenvalue weighted by Gasteiger charge is -2.31. The molecule has 1 aromatic rings. The van der Waals surface area contributed by atoms with Gasteiger partial charge in [0.05, 0.1) is 0 Å². The van der Waals surface area contributed by atoms with Gasteiger partial charge in [-0.25, -0.2) is 0 Å². The minimum Gasteiger partial charge on any atom is -0.354 e. The number of halogens is 1. The minimum absolute atomic E-state index is 0.00828. The Morgan fingerprint density at radius 3 is 2.65 bits per heavy atom. The second-order valence-corrected chi connectivity index (χ2v) is 8.50. The zero-order chi connectivity index (χ0) is 19.1. The molecule has 1 aromatic carbocycles. The summed E-state index contributed by atoms with van der Waals surface area (Å²) < 4.78 is 0. The maximum Gasteiger partial charge on any atom is 0.243 e. The Kier molecular flexibility index (Phi) is 8.29. The topological polar surface area (TPSA) is 49.4 Å². The van der Waals surface area contributed by atoms with Gasteiger partial charge in [0.25, 0.3) is 0 Å². The first-order valence-electron chi connectivity index (χ1n) is 9.43. The largest absolute Gasteiger partial charge is 0.354 e. The molecule has 0 spiro atoms. The molecule has 0 saturated carbocycles. The SMILES string of the molecule is CCCCCCNC(=O)[C@@H]1CS[C@@H](c2ccccc2Cl)N1C(=O)C(C)C. The molecular formula is C20H29ClN2O2S. The van der Waals surface area contributed by atoms with Crippen LogP contribution in [0.2, 0.25) is 5.02 Å². The Morgan fingerprint density at radius 2 is 2.00 bits per heavy atom. The summed E-state index contributed by atoms with van der Waals surface area (Å²) in [7, 11) is 0. The number of amides is 2. The molecule has 26 heavy (non-hydrogen) atoms. The molecule has 1 N–H and O–H groups in total. The molecule has 0 unspecified atom stereocenters. The van der Waals surface area contributed by atoms with E-state index < -0.39 is 6.04 Å². The van der Waals surface area contributed by atoms with Gasteiger partial charge in [0, 0.05) is 28.8 Å². The van der Waals surface area contributed by atoms with Crippen LogP contribution in [0.4, 0.5) is 0 Å². The van der Waals surface area contributed by atoms with Crippen LogP contribution in [0, 0.1) is 5.92 Å². The van der Waals surface area contributed by atoms with Gasteiger partial charge >= 0.3 is 0 Å². The van der Waals surface area contributed by atoms with Crippen molar-refractivity contribution in [2.45, 2.75) is 57.9 Å². The number of rotatable bonds is 8. The van der Waals surface area contributed by atoms with Crippen molar-refractivity contribution in [1.29, 1.82) is 0 Å². The first-order valence-corrected chi connectivity index (χ1v) is 10.9. The van der Waals surface area contributed by atoms with Crippen molar-refractivity contribution < 1.29 is 9.59 Å². The molecule has 0 radical (unpaired) electrons. The smallest absolute Gasteiger partial charge is 0.243 e. The predicted octanol–water partition coefficient (Wildman–Crippen LogP) is 4.64. The van der Waals surface area contributed by atoms with Crippen LogP contribution in [-0.4, -0.2) is 35.1 Å². The maximum atomic E-state index is 12.9. The fraction of sp³-hybridized carbons (Fsp3) is 0.600. The highest BCUT2D eigenvalue weighted by Gasteiger charge is 2.43. The van der Waals surface area contributed by atoms with Crippen molar-refractivity contribution in [2.75, 3.05) is 12.3 Å². The number of benzene rings is 1. The molecule has 1 fully saturated rings. The van der Waals surface area contributed by atoms with Gasteiger partial charge in [-0.3, -0.25) is 9.59 Å². The van der Waals surface area contributed by atoms with E-state index in [1.54, 1.807) is 16.7 Å². The van der Waals surface area contributed by atoms with Gasteiger partial charge in [-0.1, -0.05) is 69.8 Å². The first kappa shape index (κ1) is 21.1. The number of hydrogen-bond acceptors (Lipinski definition) is 3. The summed E-state index contributed by atoms with van der Waals surface area (Å²) in [5.41, 5.74) is 0.895. The lowest BCUT2D eigenvalue weighted by molar-refractivity contribution is -0.142. The fourth-order valence-electron chi connectivity index (χ4n) is 3.07. The average molecular weight is 397 g/mol. The van der Waals surface area contributed by atoms with Crippen LogP contribution in [-0.2, 0) is 9.59 Å². The third-order valence-electron chi connectivity index (χ3n) is 4.55. The minimum atomic E-state index is -0.442. The van der Waals surface area contributed by atoms with E-state index in [4.69, 9.17) is 11.6 Å². The molecule has 1 saturated heterocycles. The highest BCUT2D eigenvalue weighted by atomic mass is 35.5. The molecule has 4 nitrogen and oxygen atoms in total. The van der Waals surface area contributed by atoms with Gasteiger partial charge in [0.2, 0.25) is 11.8 Å². The number of nitrogens with one attached hydrogen (secondary N) is 1. The number of unbranched alkanes of at least 4 members (excludes halogenated alkanes) is 3. The Bertz CT molecular complexity index is 624. The van der Waals surface area contributed by atoms with E-state index in [-0.39, 0.29) is 23.1 Å². The Labute approximate surface area is 166 Å². The molecular weight excluding hydrogens is 368 g/mol. The van der Waals surface area contributed by atoms with Gasteiger partial charge < -0.3 is 10.2 Å². The third kappa shape index (κ3) is 5.17. The van der Waals surface area contributed by atoms with Crippen molar-refractivity contribution in [1.82, 2.24) is 10.2 Å². The highest BCUT2D eigenvalue weighted by Crippen LogP contribution is 2.44. The molecule has 2 rings (SSSR count). The molecule has 1 heterocycles. The monoisotopic (exact) mass is 396 g/mol. The van der Waals surface area contributed by atoms with Crippen LogP contribution in [0.25, 0.3) is 0 Å². The predicted molar refractivity (Wildman–Crippen MR) is 109 cm³/mol. The van der Waals surface area contributed by atoms with Crippen molar-refractivity contribution in [2.24, 2.45) is 5.92 Å². The summed E-state index contributed by atoms with van der Waals surface area (Å²) in [6, 6.07) is 7.12. The van der Waals surface area contributed by atoms with Crippen LogP contribution in [0.5, 0.6) is 0 Å². The van der Waals surface area contributed by atoms with E-state index >= 15 is 0 Å². The summed E-state index contributed by atoms with van der Waals surface area (Å²) in [6.07, 6.45) is 4.45. The number of thioether (sulfide) groups is 1. The van der Waals surface area contributed by atoms with Crippen LogP contribution < -0.4 is 5.32 Å². The van der Waals surface area contributed by atoms with E-state index in [0.717, 1.165) is 18.4 Å². The van der Waals surface area contributed by atoms with Crippen LogP contribution >= 0.6 is 23.4 Å². The molecule has 0 bridgehead atoms. The second-order valence-electron chi connectivity index (χ2n) is 6.97. The Morgan fingerprint density at radius 1 is 1.27 bits per heavy atom. The third-order valence-corrected chi connectivity index (χ3v) is 6.20. The van der Waals surface area contributed by atoms with E-state index in [1.165, 1.54) is 12.8 Å². The molecule has 0 aliphatic carbocycles. The van der Waals surface area contributed by atoms with Crippen molar-refractivity contribution >= 4 is 35.2 Å². The Balaban J connectivity index is 2.12. The molecule has 0 aromatic heterocycles. The quantitative estimate of drug-likeness (QED) is 0.651. The van der Waals surface area contributed by atoms with Gasteiger partial charge in [-0.15, -0.1) is 11.8 Å². The average Bonchev–Trinajstić information content (AvgIpc) is 3.05. The molecule has 2 amide bonds. The van der Waals surface area contributed by atoms with Gasteiger partial charge in [0.15, 0.2) is 0 Å². The van der Waals surface area contributed by atoms with Crippen molar-refractivity contribution in [3.05, 3.63) is 34.9 Å². The van der Waals surface area contributed by atoms with E-state index in [0.29, 0.717) is 17.3 Å². The zero-order valence-electron chi connectivity index (χ0n) is 15.8. The maximum absolute atomic E-state index is 12.9. The van der Waals surface area contributed by atoms with E-state index in [1.807, 2.05) is 38.1 Å². The standard InChI is InChI=1S/C20H29ClN2O2S/c1-4-5-6-9-12-22-18(24)17-13-26-20(23(17)19(25)14(2)3)15-10-7-8-11-16(15)21/h7-8,10-11,14,17,20H,4-6,9,12-13H2,1-3H3,(H,22,24)/t17-,20-/m0/s1. The van der Waals surface area contributed by atoms with Gasteiger partial charge in [0.1, 0.15) is 11.4 Å². The summed E-state index contributed by atoms with van der Waals surface area (Å²) in [6.45, 7) is 6.57. The van der Waals surface area contributed by atoms with Gasteiger partial charge in [-0.05, 0) is 12.5 Å². The second kappa shape index (κ2) is 10.2. The van der Waals surface area contributed by atoms with Crippen LogP contribution in [0.1, 0.15) is 57.4 Å². The zero-order valence-corrected chi connectivity index (χ0v) is 17.4. The van der Waals surface area contributed by atoms with Gasteiger partial charge in [-0.2, -0.15) is 0 Å². The van der Waals surface area contributed by atoms with Crippen LogP contribution in [0.15, 0.2) is 24.3 Å². The van der Waals surface area contributed by atoms with Crippen molar-refractivity contribution in [3.8, 4) is 0 Å². The number of hydrogen-bond donors (Lipinski definition) is 1. The summed E-state index contributed by atoms with van der Waals surface area (Å²) >= 11 is 7.97. The highest BCUT2D eigenvalue weighted by molar-refractivity contribution is 7.99. The fourth-order valence-corrected chi connectivity index (χ4v) is 4.85. The van der Waals surface area contributed by atoms with E-state index in [9.17, 15) is 9.59 Å². The normalized spacial score (nSPS) is 19.8. The summed E-state index contributed by atoms with van der Waals surface area (Å²) in [5, 5.41) is 3.43. The number of nitrogens with zero attached hydrogens (tertiary/aromatic N) is 1. The first-order chi connectivity index (χ1) is 12.5. The Hall–Kier alpha value is -1.20. The summed E-state index contributed by atoms with van der Waals surface area (Å²) in [4.78, 5) is 27.3. The lowest BCUT2D eigenvalue weighted by Crippen LogP contribution is -2.49. The molecule has 1 aliphatic rings. The van der Waals surface area contributed by atoms with E-state index in [2.05, 4.69) is 12.2 Å². The number of carbonyl (C=O) groups excluding carboxylic acids is 2. The summed E-state index contributed by atoms with van der Waals surface area (Å²) in [5.74, 6) is 0.358. The molecule has 144 valence electrons. The van der Waals surface area contributed by atoms with Crippen LogP contribution in [0.3, 0.4) is 0 Å². The molecule has 1 aliphatic heterocycles. The molecule has 6 heteroatoms. The number of carbonyl (C=O) groups is 2. The molecule has 2 atom stereocenters. The van der Waals surface area contributed by atoms with Crippen molar-refractivity contribution in [3.63, 3.8) is 0 Å².